The smallest absolute Gasteiger partial charge is 0.256 e. The van der Waals surface area contributed by atoms with Crippen molar-refractivity contribution in [2.45, 2.75) is 12.5 Å². The number of rotatable bonds is 3. The summed E-state index contributed by atoms with van der Waals surface area (Å²) in [5, 5.41) is 2.55. The minimum Gasteiger partial charge on any atom is -0.359 e. The lowest BCUT2D eigenvalue weighted by molar-refractivity contribution is -0.132. The van der Waals surface area contributed by atoms with Gasteiger partial charge in [0.05, 0.1) is 17.5 Å². The first kappa shape index (κ1) is 15.5. The van der Waals surface area contributed by atoms with Gasteiger partial charge in [-0.1, -0.05) is 12.1 Å². The molecule has 7 heteroatoms. The summed E-state index contributed by atoms with van der Waals surface area (Å²) in [5.74, 6) is -1.45. The Morgan fingerprint density at radius 1 is 1.22 bits per heavy atom. The average Bonchev–Trinajstić information content (AvgIpc) is 2.87. The second kappa shape index (κ2) is 5.98. The van der Waals surface area contributed by atoms with Crippen molar-refractivity contribution in [3.05, 3.63) is 35.6 Å². The molecule has 0 saturated carbocycles. The number of hydrogen-bond acceptors (Lipinski definition) is 3. The molecule has 1 atom stereocenters. The monoisotopic (exact) mass is 319 g/mol. The molecule has 1 unspecified atom stereocenters. The SMILES string of the molecule is CNC(=O)C1CC(=O)N(C2CN(C(=O)c3ccccc3F)C2)C1. The third-order valence-electron chi connectivity index (χ3n) is 4.47. The van der Waals surface area contributed by atoms with Gasteiger partial charge in [-0.05, 0) is 12.1 Å². The van der Waals surface area contributed by atoms with Gasteiger partial charge in [0.15, 0.2) is 0 Å². The van der Waals surface area contributed by atoms with Crippen molar-refractivity contribution in [1.82, 2.24) is 15.1 Å². The fourth-order valence-corrected chi connectivity index (χ4v) is 3.09. The van der Waals surface area contributed by atoms with Crippen molar-refractivity contribution in [2.24, 2.45) is 5.92 Å². The molecular formula is C16H18FN3O3. The molecule has 0 bridgehead atoms. The van der Waals surface area contributed by atoms with Crippen LogP contribution in [0.4, 0.5) is 4.39 Å². The number of likely N-dealkylation sites (tertiary alicyclic amines) is 2. The Bertz CT molecular complexity index is 658. The first-order valence-electron chi connectivity index (χ1n) is 7.56. The van der Waals surface area contributed by atoms with Gasteiger partial charge in [0.1, 0.15) is 5.82 Å². The van der Waals surface area contributed by atoms with Gasteiger partial charge in [0.25, 0.3) is 5.91 Å². The second-order valence-electron chi connectivity index (χ2n) is 5.91. The number of amides is 3. The number of carbonyl (C=O) groups excluding carboxylic acids is 3. The van der Waals surface area contributed by atoms with E-state index in [4.69, 9.17) is 0 Å². The van der Waals surface area contributed by atoms with E-state index in [9.17, 15) is 18.8 Å². The summed E-state index contributed by atoms with van der Waals surface area (Å²) in [7, 11) is 1.55. The fraction of sp³-hybridized carbons (Fsp3) is 0.438. The molecule has 2 saturated heterocycles. The van der Waals surface area contributed by atoms with Gasteiger partial charge < -0.3 is 15.1 Å². The topological polar surface area (TPSA) is 69.7 Å². The molecule has 2 heterocycles. The highest BCUT2D eigenvalue weighted by atomic mass is 19.1. The molecule has 3 rings (SSSR count). The van der Waals surface area contributed by atoms with Crippen molar-refractivity contribution >= 4 is 17.7 Å². The standard InChI is InChI=1S/C16H18FN3O3/c1-18-15(22)10-6-14(21)20(7-10)11-8-19(9-11)16(23)12-4-2-3-5-13(12)17/h2-5,10-11H,6-9H2,1H3,(H,18,22). The third kappa shape index (κ3) is 2.78. The molecule has 0 aliphatic carbocycles. The van der Waals surface area contributed by atoms with Gasteiger partial charge >= 0.3 is 0 Å². The summed E-state index contributed by atoms with van der Waals surface area (Å²) in [6.07, 6.45) is 0.206. The van der Waals surface area contributed by atoms with E-state index in [0.29, 0.717) is 19.6 Å². The molecule has 0 radical (unpaired) electrons. The summed E-state index contributed by atoms with van der Waals surface area (Å²) < 4.78 is 13.6. The van der Waals surface area contributed by atoms with E-state index in [-0.39, 0.29) is 41.7 Å². The van der Waals surface area contributed by atoms with E-state index < -0.39 is 5.82 Å². The molecule has 2 fully saturated rings. The molecular weight excluding hydrogens is 301 g/mol. The van der Waals surface area contributed by atoms with Gasteiger partial charge in [-0.2, -0.15) is 0 Å². The normalized spacial score (nSPS) is 21.3. The van der Waals surface area contributed by atoms with Gasteiger partial charge in [-0.3, -0.25) is 14.4 Å². The molecule has 23 heavy (non-hydrogen) atoms. The highest BCUT2D eigenvalue weighted by Crippen LogP contribution is 2.26. The minimum atomic E-state index is -0.544. The Hall–Kier alpha value is -2.44. The molecule has 2 aliphatic heterocycles. The molecule has 6 nitrogen and oxygen atoms in total. The molecule has 1 N–H and O–H groups in total. The summed E-state index contributed by atoms with van der Waals surface area (Å²) in [5.41, 5.74) is 0.0435. The van der Waals surface area contributed by atoms with Crippen LogP contribution in [0.1, 0.15) is 16.8 Å². The first-order chi connectivity index (χ1) is 11.0. The molecule has 3 amide bonds. The fourth-order valence-electron chi connectivity index (χ4n) is 3.09. The van der Waals surface area contributed by atoms with Crippen LogP contribution in [0.25, 0.3) is 0 Å². The average molecular weight is 319 g/mol. The van der Waals surface area contributed by atoms with Crippen LogP contribution in [-0.2, 0) is 9.59 Å². The van der Waals surface area contributed by atoms with Gasteiger partial charge in [-0.25, -0.2) is 4.39 Å². The van der Waals surface area contributed by atoms with Gasteiger partial charge in [0, 0.05) is 33.1 Å². The number of halogens is 1. The van der Waals surface area contributed by atoms with Crippen LogP contribution < -0.4 is 5.32 Å². The Kier molecular flexibility index (Phi) is 4.02. The van der Waals surface area contributed by atoms with E-state index in [1.807, 2.05) is 0 Å². The second-order valence-corrected chi connectivity index (χ2v) is 5.91. The summed E-state index contributed by atoms with van der Waals surface area (Å²) in [6, 6.07) is 5.77. The van der Waals surface area contributed by atoms with Crippen molar-refractivity contribution in [3.63, 3.8) is 0 Å². The van der Waals surface area contributed by atoms with Crippen LogP contribution in [-0.4, -0.2) is 60.2 Å². The molecule has 122 valence electrons. The Labute approximate surface area is 133 Å². The maximum atomic E-state index is 13.6. The zero-order valence-corrected chi connectivity index (χ0v) is 12.8. The zero-order chi connectivity index (χ0) is 16.6. The maximum absolute atomic E-state index is 13.6. The van der Waals surface area contributed by atoms with E-state index in [1.54, 1.807) is 18.0 Å². The number of hydrogen-bond donors (Lipinski definition) is 1. The highest BCUT2D eigenvalue weighted by molar-refractivity contribution is 5.95. The molecule has 2 aliphatic rings. The number of benzene rings is 1. The zero-order valence-electron chi connectivity index (χ0n) is 12.8. The van der Waals surface area contributed by atoms with Crippen molar-refractivity contribution in [2.75, 3.05) is 26.7 Å². The molecule has 0 aromatic heterocycles. The van der Waals surface area contributed by atoms with E-state index >= 15 is 0 Å². The predicted octanol–water partition coefficient (Wildman–Crippen LogP) is 0.245. The molecule has 1 aromatic carbocycles. The first-order valence-corrected chi connectivity index (χ1v) is 7.56. The van der Waals surface area contributed by atoms with Crippen LogP contribution in [0, 0.1) is 11.7 Å². The number of nitrogens with one attached hydrogen (secondary N) is 1. The Morgan fingerprint density at radius 3 is 2.57 bits per heavy atom. The van der Waals surface area contributed by atoms with Crippen molar-refractivity contribution < 1.29 is 18.8 Å². The van der Waals surface area contributed by atoms with E-state index in [0.717, 1.165) is 0 Å². The van der Waals surface area contributed by atoms with E-state index in [2.05, 4.69) is 5.32 Å². The van der Waals surface area contributed by atoms with Gasteiger partial charge in [0.2, 0.25) is 11.8 Å². The van der Waals surface area contributed by atoms with Gasteiger partial charge in [-0.15, -0.1) is 0 Å². The summed E-state index contributed by atoms with van der Waals surface area (Å²) >= 11 is 0. The molecule has 1 aromatic rings. The third-order valence-corrected chi connectivity index (χ3v) is 4.47. The molecule has 0 spiro atoms. The van der Waals surface area contributed by atoms with Crippen molar-refractivity contribution in [3.8, 4) is 0 Å². The lowest BCUT2D eigenvalue weighted by Gasteiger charge is -2.44. The quantitative estimate of drug-likeness (QED) is 0.868. The summed E-state index contributed by atoms with van der Waals surface area (Å²) in [4.78, 5) is 39.1. The Balaban J connectivity index is 1.59. The van der Waals surface area contributed by atoms with E-state index in [1.165, 1.54) is 23.1 Å². The van der Waals surface area contributed by atoms with Crippen LogP contribution in [0.3, 0.4) is 0 Å². The van der Waals surface area contributed by atoms with Crippen LogP contribution >= 0.6 is 0 Å². The lowest BCUT2D eigenvalue weighted by Crippen LogP contribution is -2.61. The minimum absolute atomic E-state index is 0.0435. The Morgan fingerprint density at radius 2 is 1.91 bits per heavy atom. The predicted molar refractivity (Wildman–Crippen MR) is 80.0 cm³/mol. The lowest BCUT2D eigenvalue weighted by atomic mass is 10.0. The summed E-state index contributed by atoms with van der Waals surface area (Å²) in [6.45, 7) is 1.13. The highest BCUT2D eigenvalue weighted by Gasteiger charge is 2.43. The van der Waals surface area contributed by atoms with Crippen LogP contribution in [0.15, 0.2) is 24.3 Å². The largest absolute Gasteiger partial charge is 0.359 e. The number of nitrogens with zero attached hydrogens (tertiary/aromatic N) is 2. The van der Waals surface area contributed by atoms with Crippen LogP contribution in [0.5, 0.6) is 0 Å². The van der Waals surface area contributed by atoms with Crippen LogP contribution in [0.2, 0.25) is 0 Å². The maximum Gasteiger partial charge on any atom is 0.256 e. The number of carbonyl (C=O) groups is 3. The van der Waals surface area contributed by atoms with Crippen molar-refractivity contribution in [1.29, 1.82) is 0 Å².